The van der Waals surface area contributed by atoms with Gasteiger partial charge in [0.1, 0.15) is 17.2 Å². The summed E-state index contributed by atoms with van der Waals surface area (Å²) < 4.78 is 37.5. The van der Waals surface area contributed by atoms with Crippen LogP contribution in [0.3, 0.4) is 0 Å². The molecule has 28 heavy (non-hydrogen) atoms. The van der Waals surface area contributed by atoms with E-state index < -0.39 is 48.1 Å². The number of alkyl carbamates (subject to hydrolysis) is 1. The fourth-order valence-corrected chi connectivity index (χ4v) is 2.26. The van der Waals surface area contributed by atoms with E-state index in [-0.39, 0.29) is 17.4 Å². The lowest BCUT2D eigenvalue weighted by molar-refractivity contribution is -0.157. The number of hydrogen-bond acceptors (Lipinski definition) is 6. The van der Waals surface area contributed by atoms with Crippen molar-refractivity contribution in [2.75, 3.05) is 0 Å². The minimum atomic E-state index is -2.11. The number of nitrogens with one attached hydrogen (secondary N) is 1. The maximum absolute atomic E-state index is 13.7. The first-order valence-electron chi connectivity index (χ1n) is 8.65. The molecule has 0 saturated heterocycles. The van der Waals surface area contributed by atoms with Crippen molar-refractivity contribution in [2.24, 2.45) is 0 Å². The van der Waals surface area contributed by atoms with E-state index in [2.05, 4.69) is 5.32 Å². The first-order valence-corrected chi connectivity index (χ1v) is 8.65. The average Bonchev–Trinajstić information content (AvgIpc) is 2.45. The normalized spacial score (nSPS) is 12.9. The number of halogens is 2. The molecule has 0 fully saturated rings. The van der Waals surface area contributed by atoms with Gasteiger partial charge in [-0.05, 0) is 64.7 Å². The molecule has 0 bridgehead atoms. The molecule has 1 amide bonds. The lowest BCUT2D eigenvalue weighted by Gasteiger charge is -2.26. The largest absolute Gasteiger partial charge is 0.488 e. The molecule has 0 aromatic heterocycles. The van der Waals surface area contributed by atoms with Crippen LogP contribution in [0.2, 0.25) is 0 Å². The Balaban J connectivity index is 3.20. The average molecular weight is 401 g/mol. The summed E-state index contributed by atoms with van der Waals surface area (Å²) in [4.78, 5) is 24.6. The Hall–Kier alpha value is -2.20. The molecule has 0 aliphatic heterocycles. The third-order valence-corrected chi connectivity index (χ3v) is 3.27. The Bertz CT molecular complexity index is 728. The van der Waals surface area contributed by atoms with Crippen molar-refractivity contribution >= 4 is 24.6 Å². The predicted molar refractivity (Wildman–Crippen MR) is 98.9 cm³/mol. The molecule has 0 unspecified atom stereocenters. The van der Waals surface area contributed by atoms with E-state index in [0.717, 1.165) is 6.07 Å². The Morgan fingerprint density at radius 1 is 1.04 bits per heavy atom. The van der Waals surface area contributed by atoms with Gasteiger partial charge in [0, 0.05) is 6.42 Å². The molecular formula is C18H26BF2NO6. The second-order valence-electron chi connectivity index (χ2n) is 8.28. The predicted octanol–water partition coefficient (Wildman–Crippen LogP) is 1.42. The van der Waals surface area contributed by atoms with Gasteiger partial charge in [0.15, 0.2) is 11.6 Å². The summed E-state index contributed by atoms with van der Waals surface area (Å²) in [6, 6.07) is 0.0177. The maximum Gasteiger partial charge on any atom is 0.488 e. The van der Waals surface area contributed by atoms with Crippen LogP contribution in [0.15, 0.2) is 12.1 Å². The zero-order chi connectivity index (χ0) is 21.9. The summed E-state index contributed by atoms with van der Waals surface area (Å²) >= 11 is 0. The summed E-state index contributed by atoms with van der Waals surface area (Å²) in [7, 11) is -2.11. The van der Waals surface area contributed by atoms with E-state index >= 15 is 0 Å². The highest BCUT2D eigenvalue weighted by atomic mass is 19.2. The highest BCUT2D eigenvalue weighted by Gasteiger charge is 2.31. The van der Waals surface area contributed by atoms with Crippen LogP contribution in [0.25, 0.3) is 0 Å². The van der Waals surface area contributed by atoms with Crippen LogP contribution < -0.4 is 10.8 Å². The summed E-state index contributed by atoms with van der Waals surface area (Å²) in [6.07, 6.45) is -1.30. The second kappa shape index (κ2) is 8.87. The third-order valence-electron chi connectivity index (χ3n) is 3.27. The van der Waals surface area contributed by atoms with E-state index in [1.807, 2.05) is 0 Å². The van der Waals surface area contributed by atoms with Crippen LogP contribution in [-0.2, 0) is 20.7 Å². The molecule has 1 atom stereocenters. The number of amides is 1. The highest BCUT2D eigenvalue weighted by molar-refractivity contribution is 6.59. The van der Waals surface area contributed by atoms with Gasteiger partial charge in [-0.25, -0.2) is 18.4 Å². The second-order valence-corrected chi connectivity index (χ2v) is 8.28. The van der Waals surface area contributed by atoms with Crippen molar-refractivity contribution in [2.45, 2.75) is 65.2 Å². The van der Waals surface area contributed by atoms with Crippen LogP contribution in [0.4, 0.5) is 13.6 Å². The molecule has 0 heterocycles. The van der Waals surface area contributed by atoms with Crippen molar-refractivity contribution in [1.82, 2.24) is 5.32 Å². The molecular weight excluding hydrogens is 375 g/mol. The monoisotopic (exact) mass is 401 g/mol. The Morgan fingerprint density at radius 3 is 2.00 bits per heavy atom. The van der Waals surface area contributed by atoms with E-state index in [0.29, 0.717) is 6.07 Å². The van der Waals surface area contributed by atoms with E-state index in [1.54, 1.807) is 41.5 Å². The van der Waals surface area contributed by atoms with Gasteiger partial charge >= 0.3 is 19.2 Å². The smallest absolute Gasteiger partial charge is 0.458 e. The molecule has 0 radical (unpaired) electrons. The van der Waals surface area contributed by atoms with Crippen LogP contribution >= 0.6 is 0 Å². The minimum absolute atomic E-state index is 0.0826. The number of ether oxygens (including phenoxy) is 2. The van der Waals surface area contributed by atoms with Gasteiger partial charge in [0.2, 0.25) is 0 Å². The summed E-state index contributed by atoms with van der Waals surface area (Å²) in [5, 5.41) is 21.2. The Labute approximate surface area is 163 Å². The van der Waals surface area contributed by atoms with Crippen LogP contribution in [0.1, 0.15) is 47.1 Å². The number of carbonyl (C=O) groups is 2. The molecule has 10 heteroatoms. The first-order chi connectivity index (χ1) is 12.6. The standard InChI is InChI=1S/C18H26BF2NO6/c1-17(2,3)27-15(23)14(22-16(24)28-18(4,5)6)8-10-7-12(20)13(21)9-11(10)19(25)26/h7,9,14,25-26H,8H2,1-6H3,(H,22,24)/t14-/m0/s1. The van der Waals surface area contributed by atoms with Gasteiger partial charge in [-0.1, -0.05) is 0 Å². The van der Waals surface area contributed by atoms with E-state index in [1.165, 1.54) is 0 Å². The molecule has 156 valence electrons. The summed E-state index contributed by atoms with van der Waals surface area (Å²) in [5.41, 5.74) is -2.13. The zero-order valence-corrected chi connectivity index (χ0v) is 16.8. The Kier molecular flexibility index (Phi) is 7.55. The molecule has 0 aliphatic rings. The van der Waals surface area contributed by atoms with Gasteiger partial charge < -0.3 is 24.8 Å². The van der Waals surface area contributed by atoms with Gasteiger partial charge in [-0.15, -0.1) is 0 Å². The quantitative estimate of drug-likeness (QED) is 0.509. The first kappa shape index (κ1) is 23.8. The van der Waals surface area contributed by atoms with Gasteiger partial charge in [-0.3, -0.25) is 0 Å². The van der Waals surface area contributed by atoms with Crippen molar-refractivity contribution in [3.05, 3.63) is 29.3 Å². The Morgan fingerprint density at radius 2 is 1.54 bits per heavy atom. The lowest BCUT2D eigenvalue weighted by atomic mass is 9.75. The van der Waals surface area contributed by atoms with Gasteiger partial charge in [0.25, 0.3) is 0 Å². The lowest BCUT2D eigenvalue weighted by Crippen LogP contribution is -2.48. The topological polar surface area (TPSA) is 105 Å². The molecule has 1 aromatic rings. The number of carbonyl (C=O) groups excluding carboxylic acids is 2. The number of hydrogen-bond donors (Lipinski definition) is 3. The van der Waals surface area contributed by atoms with Crippen LogP contribution in [0.5, 0.6) is 0 Å². The van der Waals surface area contributed by atoms with Crippen LogP contribution in [0, 0.1) is 11.6 Å². The summed E-state index contributed by atoms with van der Waals surface area (Å²) in [5.74, 6) is -3.36. The number of benzene rings is 1. The summed E-state index contributed by atoms with van der Waals surface area (Å²) in [6.45, 7) is 9.75. The third kappa shape index (κ3) is 7.81. The van der Waals surface area contributed by atoms with Crippen molar-refractivity contribution in [1.29, 1.82) is 0 Å². The number of esters is 1. The van der Waals surface area contributed by atoms with Crippen molar-refractivity contribution < 1.29 is 37.9 Å². The zero-order valence-electron chi connectivity index (χ0n) is 16.8. The van der Waals surface area contributed by atoms with Gasteiger partial charge in [-0.2, -0.15) is 0 Å². The molecule has 0 aliphatic carbocycles. The molecule has 1 aromatic carbocycles. The molecule has 0 spiro atoms. The fourth-order valence-electron chi connectivity index (χ4n) is 2.26. The molecule has 1 rings (SSSR count). The molecule has 3 N–H and O–H groups in total. The van der Waals surface area contributed by atoms with Crippen molar-refractivity contribution in [3.8, 4) is 0 Å². The fraction of sp³-hybridized carbons (Fsp3) is 0.556. The van der Waals surface area contributed by atoms with E-state index in [9.17, 15) is 28.4 Å². The highest BCUT2D eigenvalue weighted by Crippen LogP contribution is 2.14. The van der Waals surface area contributed by atoms with E-state index in [4.69, 9.17) is 9.47 Å². The SMILES string of the molecule is CC(C)(C)OC(=O)N[C@@H](Cc1cc(F)c(F)cc1B(O)O)C(=O)OC(C)(C)C. The van der Waals surface area contributed by atoms with Crippen molar-refractivity contribution in [3.63, 3.8) is 0 Å². The van der Waals surface area contributed by atoms with Gasteiger partial charge in [0.05, 0.1) is 0 Å². The number of rotatable bonds is 5. The van der Waals surface area contributed by atoms with Crippen LogP contribution in [-0.4, -0.2) is 46.5 Å². The maximum atomic E-state index is 13.7. The molecule has 0 saturated carbocycles. The minimum Gasteiger partial charge on any atom is -0.458 e. The molecule has 7 nitrogen and oxygen atoms in total.